The highest BCUT2D eigenvalue weighted by Crippen LogP contribution is 2.32. The van der Waals surface area contributed by atoms with Gasteiger partial charge in [-0.3, -0.25) is 10.1 Å². The van der Waals surface area contributed by atoms with E-state index < -0.39 is 0 Å². The van der Waals surface area contributed by atoms with E-state index in [1.54, 1.807) is 16.9 Å². The van der Waals surface area contributed by atoms with Gasteiger partial charge in [-0.25, -0.2) is 4.52 Å². The van der Waals surface area contributed by atoms with Crippen LogP contribution in [0.5, 0.6) is 0 Å². The number of nitrogens with two attached hydrogens (primary N) is 1. The smallest absolute Gasteiger partial charge is 0.247 e. The van der Waals surface area contributed by atoms with Crippen LogP contribution in [-0.4, -0.2) is 19.6 Å². The number of nitrogens with one attached hydrogen (secondary N) is 1. The van der Waals surface area contributed by atoms with Crippen LogP contribution in [0.2, 0.25) is 0 Å². The van der Waals surface area contributed by atoms with Gasteiger partial charge in [-0.2, -0.15) is 4.98 Å². The summed E-state index contributed by atoms with van der Waals surface area (Å²) in [6, 6.07) is 26.3. The minimum atomic E-state index is 0.509. The summed E-state index contributed by atoms with van der Waals surface area (Å²) in [5.41, 5.74) is 5.61. The van der Waals surface area contributed by atoms with E-state index in [1.165, 1.54) is 11.9 Å². The van der Waals surface area contributed by atoms with Gasteiger partial charge in [0, 0.05) is 28.5 Å². The predicted molar refractivity (Wildman–Crippen MR) is 121 cm³/mol. The Morgan fingerprint density at radius 3 is 2.33 bits per heavy atom. The van der Waals surface area contributed by atoms with Gasteiger partial charge in [0.15, 0.2) is 5.65 Å². The molecule has 146 valence electrons. The summed E-state index contributed by atoms with van der Waals surface area (Å²) in [4.78, 5) is 10.3. The molecule has 0 bridgehead atoms. The lowest BCUT2D eigenvalue weighted by Gasteiger charge is -2.09. The van der Waals surface area contributed by atoms with E-state index in [0.29, 0.717) is 11.6 Å². The average molecular weight is 411 g/mol. The monoisotopic (exact) mass is 410 g/mol. The second kappa shape index (κ2) is 7.98. The minimum absolute atomic E-state index is 0.509. The summed E-state index contributed by atoms with van der Waals surface area (Å²) in [5, 5.41) is 13.4. The van der Waals surface area contributed by atoms with Crippen molar-refractivity contribution in [3.05, 3.63) is 91.3 Å². The van der Waals surface area contributed by atoms with Gasteiger partial charge < -0.3 is 5.32 Å². The third-order valence-corrected chi connectivity index (χ3v) is 5.31. The number of hydrogen-bond donors (Lipinski definition) is 2. The highest BCUT2D eigenvalue weighted by Gasteiger charge is 2.15. The summed E-state index contributed by atoms with van der Waals surface area (Å²) < 4.78 is 1.75. The fourth-order valence-electron chi connectivity index (χ4n) is 3.37. The van der Waals surface area contributed by atoms with Gasteiger partial charge in [0.25, 0.3) is 0 Å². The van der Waals surface area contributed by atoms with E-state index in [-0.39, 0.29) is 0 Å². The third-order valence-electron chi connectivity index (χ3n) is 4.77. The standard InChI is InChI=1S/C23H18N6S/c24-30-18-12-10-17(11-13-18)26-23-27-22-21(25-14-15-29(22)28-23)20-9-5-4-8-19(20)16-6-2-1-3-7-16/h1-15H,24H2,(H,26,28). The molecule has 5 aromatic rings. The van der Waals surface area contributed by atoms with Crippen LogP contribution in [0.25, 0.3) is 28.0 Å². The molecule has 0 spiro atoms. The molecule has 0 aliphatic heterocycles. The molecule has 0 amide bonds. The first kappa shape index (κ1) is 18.4. The topological polar surface area (TPSA) is 81.1 Å². The zero-order valence-corrected chi connectivity index (χ0v) is 16.8. The van der Waals surface area contributed by atoms with Crippen LogP contribution in [0.4, 0.5) is 11.6 Å². The van der Waals surface area contributed by atoms with Crippen molar-refractivity contribution in [1.29, 1.82) is 0 Å². The van der Waals surface area contributed by atoms with Crippen LogP contribution in [0.15, 0.2) is 96.2 Å². The molecule has 2 heterocycles. The van der Waals surface area contributed by atoms with Crippen LogP contribution in [0, 0.1) is 0 Å². The Hall–Kier alpha value is -3.68. The number of hydrogen-bond acceptors (Lipinski definition) is 6. The Bertz CT molecular complexity index is 1300. The van der Waals surface area contributed by atoms with Crippen LogP contribution in [0.1, 0.15) is 0 Å². The quantitative estimate of drug-likeness (QED) is 0.389. The Balaban J connectivity index is 1.57. The number of aromatic nitrogens is 4. The molecule has 0 saturated heterocycles. The van der Waals surface area contributed by atoms with Crippen LogP contribution in [0.3, 0.4) is 0 Å². The largest absolute Gasteiger partial charge is 0.323 e. The van der Waals surface area contributed by atoms with Crippen molar-refractivity contribution in [3.63, 3.8) is 0 Å². The molecule has 0 fully saturated rings. The van der Waals surface area contributed by atoms with Gasteiger partial charge in [0.2, 0.25) is 5.95 Å². The fourth-order valence-corrected chi connectivity index (χ4v) is 3.66. The molecule has 0 unspecified atom stereocenters. The van der Waals surface area contributed by atoms with Gasteiger partial charge in [0.05, 0.1) is 0 Å². The number of benzene rings is 3. The number of fused-ring (bicyclic) bond motifs is 1. The Kier molecular flexibility index (Phi) is 4.88. The number of rotatable bonds is 5. The molecule has 0 radical (unpaired) electrons. The maximum absolute atomic E-state index is 5.59. The van der Waals surface area contributed by atoms with Gasteiger partial charge in [-0.05, 0) is 47.3 Å². The molecule has 3 aromatic carbocycles. The third kappa shape index (κ3) is 3.52. The summed E-state index contributed by atoms with van der Waals surface area (Å²) >= 11 is 1.22. The van der Waals surface area contributed by atoms with Crippen molar-refractivity contribution in [3.8, 4) is 22.4 Å². The Morgan fingerprint density at radius 1 is 0.833 bits per heavy atom. The molecular weight excluding hydrogens is 392 g/mol. The normalized spacial score (nSPS) is 11.0. The molecule has 3 N–H and O–H groups in total. The molecule has 0 atom stereocenters. The molecule has 0 saturated carbocycles. The van der Waals surface area contributed by atoms with Crippen molar-refractivity contribution in [2.45, 2.75) is 4.90 Å². The molecule has 0 aliphatic carbocycles. The van der Waals surface area contributed by atoms with Crippen molar-refractivity contribution < 1.29 is 0 Å². The van der Waals surface area contributed by atoms with Crippen LogP contribution >= 0.6 is 11.9 Å². The van der Waals surface area contributed by atoms with Gasteiger partial charge in [-0.15, -0.1) is 5.10 Å². The lowest BCUT2D eigenvalue weighted by molar-refractivity contribution is 0.952. The Labute approximate surface area is 177 Å². The summed E-state index contributed by atoms with van der Waals surface area (Å²) in [6.07, 6.45) is 3.55. The zero-order chi connectivity index (χ0) is 20.3. The molecule has 0 aliphatic rings. The molecule has 6 nitrogen and oxygen atoms in total. The lowest BCUT2D eigenvalue weighted by atomic mass is 9.98. The first-order valence-electron chi connectivity index (χ1n) is 9.42. The highest BCUT2D eigenvalue weighted by molar-refractivity contribution is 7.97. The van der Waals surface area contributed by atoms with E-state index in [1.807, 2.05) is 54.6 Å². The second-order valence-corrected chi connectivity index (χ2v) is 7.37. The number of nitrogens with zero attached hydrogens (tertiary/aromatic N) is 4. The van der Waals surface area contributed by atoms with Gasteiger partial charge >= 0.3 is 0 Å². The highest BCUT2D eigenvalue weighted by atomic mass is 32.2. The van der Waals surface area contributed by atoms with Crippen molar-refractivity contribution in [2.24, 2.45) is 5.14 Å². The average Bonchev–Trinajstić information content (AvgIpc) is 3.23. The zero-order valence-electron chi connectivity index (χ0n) is 15.9. The maximum Gasteiger partial charge on any atom is 0.247 e. The molecular formula is C23H18N6S. The Morgan fingerprint density at radius 2 is 1.57 bits per heavy atom. The van der Waals surface area contributed by atoms with Crippen molar-refractivity contribution in [1.82, 2.24) is 19.6 Å². The molecule has 2 aromatic heterocycles. The predicted octanol–water partition coefficient (Wildman–Crippen LogP) is 5.17. The van der Waals surface area contributed by atoms with Crippen LogP contribution < -0.4 is 10.5 Å². The van der Waals surface area contributed by atoms with Crippen molar-refractivity contribution in [2.75, 3.05) is 5.32 Å². The van der Waals surface area contributed by atoms with Gasteiger partial charge in [-0.1, -0.05) is 54.6 Å². The van der Waals surface area contributed by atoms with Crippen LogP contribution in [-0.2, 0) is 0 Å². The van der Waals surface area contributed by atoms with E-state index in [9.17, 15) is 0 Å². The number of anilines is 2. The summed E-state index contributed by atoms with van der Waals surface area (Å²) in [7, 11) is 0. The maximum atomic E-state index is 5.59. The van der Waals surface area contributed by atoms with E-state index in [0.717, 1.165) is 33.0 Å². The van der Waals surface area contributed by atoms with Gasteiger partial charge in [0.1, 0.15) is 5.69 Å². The van der Waals surface area contributed by atoms with E-state index >= 15 is 0 Å². The SMILES string of the molecule is NSc1ccc(Nc2nc3c(-c4ccccc4-c4ccccc4)nccn3n2)cc1. The first-order chi connectivity index (χ1) is 14.8. The molecule has 30 heavy (non-hydrogen) atoms. The van der Waals surface area contributed by atoms with E-state index in [2.05, 4.69) is 39.7 Å². The van der Waals surface area contributed by atoms with E-state index in [4.69, 9.17) is 10.1 Å². The molecule has 7 heteroatoms. The summed E-state index contributed by atoms with van der Waals surface area (Å²) in [6.45, 7) is 0. The fraction of sp³-hybridized carbons (Fsp3) is 0. The first-order valence-corrected chi connectivity index (χ1v) is 10.3. The lowest BCUT2D eigenvalue weighted by Crippen LogP contribution is -1.95. The molecule has 5 rings (SSSR count). The minimum Gasteiger partial charge on any atom is -0.323 e. The second-order valence-electron chi connectivity index (χ2n) is 6.66. The summed E-state index contributed by atoms with van der Waals surface area (Å²) in [5.74, 6) is 0.509. The van der Waals surface area contributed by atoms with Crippen molar-refractivity contribution >= 4 is 29.2 Å².